The third-order valence-electron chi connectivity index (χ3n) is 3.42. The first kappa shape index (κ1) is 13.7. The van der Waals surface area contributed by atoms with Gasteiger partial charge in [-0.15, -0.1) is 0 Å². The van der Waals surface area contributed by atoms with Gasteiger partial charge in [-0.05, 0) is 44.4 Å². The second-order valence-corrected chi connectivity index (χ2v) is 4.69. The lowest BCUT2D eigenvalue weighted by atomic mass is 10.0. The number of hydrogen-bond donors (Lipinski definition) is 1. The maximum atomic E-state index is 12.0. The molecule has 104 valence electrons. The maximum Gasteiger partial charge on any atom is 0.317 e. The predicted molar refractivity (Wildman–Crippen MR) is 75.4 cm³/mol. The van der Waals surface area contributed by atoms with E-state index in [1.54, 1.807) is 0 Å². The Hall–Kier alpha value is -1.71. The first-order chi connectivity index (χ1) is 9.26. The molecule has 1 aromatic rings. The molecule has 0 aromatic heterocycles. The van der Waals surface area contributed by atoms with Gasteiger partial charge in [0.2, 0.25) is 0 Å². The van der Waals surface area contributed by atoms with E-state index in [0.29, 0.717) is 13.2 Å². The Labute approximate surface area is 114 Å². The van der Waals surface area contributed by atoms with Crippen LogP contribution < -0.4 is 10.1 Å². The third-order valence-corrected chi connectivity index (χ3v) is 3.42. The van der Waals surface area contributed by atoms with Gasteiger partial charge in [-0.25, -0.2) is 4.79 Å². The van der Waals surface area contributed by atoms with E-state index < -0.39 is 0 Å². The minimum atomic E-state index is 0.0406. The van der Waals surface area contributed by atoms with Crippen LogP contribution in [0.1, 0.15) is 38.3 Å². The Bertz CT molecular complexity index is 417. The summed E-state index contributed by atoms with van der Waals surface area (Å²) >= 11 is 0. The lowest BCUT2D eigenvalue weighted by Crippen LogP contribution is -2.39. The van der Waals surface area contributed by atoms with Gasteiger partial charge in [-0.1, -0.05) is 12.1 Å². The van der Waals surface area contributed by atoms with E-state index in [2.05, 4.69) is 17.4 Å². The largest absolute Gasteiger partial charge is 0.494 e. The zero-order valence-electron chi connectivity index (χ0n) is 11.7. The molecule has 2 amide bonds. The summed E-state index contributed by atoms with van der Waals surface area (Å²) in [5.74, 6) is 0.883. The molecule has 4 heteroatoms. The zero-order valence-corrected chi connectivity index (χ0v) is 11.7. The Morgan fingerprint density at radius 3 is 2.74 bits per heavy atom. The van der Waals surface area contributed by atoms with Crippen LogP contribution in [0.2, 0.25) is 0 Å². The second kappa shape index (κ2) is 6.45. The molecule has 1 aliphatic rings. The van der Waals surface area contributed by atoms with E-state index in [1.807, 2.05) is 30.9 Å². The van der Waals surface area contributed by atoms with Crippen LogP contribution in [0, 0.1) is 0 Å². The highest BCUT2D eigenvalue weighted by molar-refractivity contribution is 5.75. The number of nitrogens with zero attached hydrogens (tertiary/aromatic N) is 1. The van der Waals surface area contributed by atoms with Crippen LogP contribution in [0.15, 0.2) is 24.3 Å². The third kappa shape index (κ3) is 3.19. The Morgan fingerprint density at radius 2 is 2.11 bits per heavy atom. The van der Waals surface area contributed by atoms with Crippen molar-refractivity contribution in [3.8, 4) is 5.75 Å². The summed E-state index contributed by atoms with van der Waals surface area (Å²) in [6.45, 7) is 6.10. The van der Waals surface area contributed by atoms with E-state index in [4.69, 9.17) is 4.74 Å². The van der Waals surface area contributed by atoms with Crippen LogP contribution in [-0.2, 0) is 0 Å². The van der Waals surface area contributed by atoms with Crippen molar-refractivity contribution >= 4 is 6.03 Å². The maximum absolute atomic E-state index is 12.0. The summed E-state index contributed by atoms with van der Waals surface area (Å²) in [4.78, 5) is 13.9. The van der Waals surface area contributed by atoms with Gasteiger partial charge in [0.15, 0.2) is 0 Å². The van der Waals surface area contributed by atoms with Crippen LogP contribution in [-0.4, -0.2) is 30.6 Å². The summed E-state index contributed by atoms with van der Waals surface area (Å²) in [6.07, 6.45) is 2.10. The Kier molecular flexibility index (Phi) is 4.66. The molecule has 0 radical (unpaired) electrons. The molecule has 4 nitrogen and oxygen atoms in total. The molecule has 1 fully saturated rings. The number of benzene rings is 1. The van der Waals surface area contributed by atoms with Crippen molar-refractivity contribution in [2.24, 2.45) is 0 Å². The van der Waals surface area contributed by atoms with Crippen molar-refractivity contribution in [2.75, 3.05) is 19.7 Å². The molecule has 1 aliphatic heterocycles. The Morgan fingerprint density at radius 1 is 1.37 bits per heavy atom. The van der Waals surface area contributed by atoms with Crippen molar-refractivity contribution in [1.29, 1.82) is 0 Å². The van der Waals surface area contributed by atoms with Gasteiger partial charge in [0.1, 0.15) is 5.75 Å². The Balaban J connectivity index is 2.09. The molecule has 1 N–H and O–H groups in total. The van der Waals surface area contributed by atoms with Crippen molar-refractivity contribution in [2.45, 2.75) is 32.7 Å². The van der Waals surface area contributed by atoms with Gasteiger partial charge in [-0.3, -0.25) is 0 Å². The first-order valence-corrected chi connectivity index (χ1v) is 7.03. The van der Waals surface area contributed by atoms with Crippen molar-refractivity contribution < 1.29 is 9.53 Å². The molecule has 1 heterocycles. The summed E-state index contributed by atoms with van der Waals surface area (Å²) in [7, 11) is 0. The lowest BCUT2D eigenvalue weighted by Gasteiger charge is -2.25. The number of carbonyl (C=O) groups is 1. The molecule has 0 aliphatic carbocycles. The van der Waals surface area contributed by atoms with Crippen LogP contribution in [0.25, 0.3) is 0 Å². The first-order valence-electron chi connectivity index (χ1n) is 7.03. The molecular weight excluding hydrogens is 240 g/mol. The van der Waals surface area contributed by atoms with Gasteiger partial charge in [0.05, 0.1) is 12.6 Å². The molecule has 1 unspecified atom stereocenters. The van der Waals surface area contributed by atoms with E-state index in [0.717, 1.165) is 25.1 Å². The number of carbonyl (C=O) groups excluding carboxylic acids is 1. The number of hydrogen-bond acceptors (Lipinski definition) is 2. The standard InChI is InChI=1S/C15H22N2O2/c1-3-16-15(18)17-11-5-6-14(17)12-7-9-13(10-8-12)19-4-2/h7-10,14H,3-6,11H2,1-2H3,(H,16,18). The van der Waals surface area contributed by atoms with Gasteiger partial charge in [0.25, 0.3) is 0 Å². The number of rotatable bonds is 4. The fourth-order valence-electron chi connectivity index (χ4n) is 2.56. The summed E-state index contributed by atoms with van der Waals surface area (Å²) in [5, 5.41) is 2.88. The van der Waals surface area contributed by atoms with Crippen LogP contribution >= 0.6 is 0 Å². The van der Waals surface area contributed by atoms with E-state index in [1.165, 1.54) is 5.56 Å². The highest BCUT2D eigenvalue weighted by atomic mass is 16.5. The summed E-state index contributed by atoms with van der Waals surface area (Å²) < 4.78 is 5.44. The lowest BCUT2D eigenvalue weighted by molar-refractivity contribution is 0.193. The van der Waals surface area contributed by atoms with Gasteiger partial charge < -0.3 is 15.0 Å². The van der Waals surface area contributed by atoms with Gasteiger partial charge in [0, 0.05) is 13.1 Å². The summed E-state index contributed by atoms with van der Waals surface area (Å²) in [6, 6.07) is 8.32. The molecule has 0 spiro atoms. The molecule has 1 aromatic carbocycles. The fraction of sp³-hybridized carbons (Fsp3) is 0.533. The smallest absolute Gasteiger partial charge is 0.317 e. The molecule has 1 atom stereocenters. The molecule has 2 rings (SSSR count). The summed E-state index contributed by atoms with van der Waals surface area (Å²) in [5.41, 5.74) is 1.19. The monoisotopic (exact) mass is 262 g/mol. The van der Waals surface area contributed by atoms with Gasteiger partial charge >= 0.3 is 6.03 Å². The molecule has 19 heavy (non-hydrogen) atoms. The molecule has 0 bridgehead atoms. The molecule has 1 saturated heterocycles. The number of ether oxygens (including phenoxy) is 1. The zero-order chi connectivity index (χ0) is 13.7. The highest BCUT2D eigenvalue weighted by Gasteiger charge is 2.29. The number of urea groups is 1. The van der Waals surface area contributed by atoms with E-state index in [9.17, 15) is 4.79 Å². The van der Waals surface area contributed by atoms with Crippen molar-refractivity contribution in [3.05, 3.63) is 29.8 Å². The average molecular weight is 262 g/mol. The van der Waals surface area contributed by atoms with Crippen molar-refractivity contribution in [1.82, 2.24) is 10.2 Å². The van der Waals surface area contributed by atoms with Crippen LogP contribution in [0.5, 0.6) is 5.75 Å². The average Bonchev–Trinajstić information content (AvgIpc) is 2.89. The number of likely N-dealkylation sites (tertiary alicyclic amines) is 1. The molecule has 0 saturated carbocycles. The predicted octanol–water partition coefficient (Wildman–Crippen LogP) is 2.95. The van der Waals surface area contributed by atoms with E-state index in [-0.39, 0.29) is 12.1 Å². The minimum absolute atomic E-state index is 0.0406. The topological polar surface area (TPSA) is 41.6 Å². The van der Waals surface area contributed by atoms with Crippen molar-refractivity contribution in [3.63, 3.8) is 0 Å². The normalized spacial score (nSPS) is 18.4. The second-order valence-electron chi connectivity index (χ2n) is 4.69. The number of amides is 2. The fourth-order valence-corrected chi connectivity index (χ4v) is 2.56. The highest BCUT2D eigenvalue weighted by Crippen LogP contribution is 2.32. The van der Waals surface area contributed by atoms with Gasteiger partial charge in [-0.2, -0.15) is 0 Å². The van der Waals surface area contributed by atoms with E-state index >= 15 is 0 Å². The molecular formula is C15H22N2O2. The van der Waals surface area contributed by atoms with Crippen LogP contribution in [0.3, 0.4) is 0 Å². The quantitative estimate of drug-likeness (QED) is 0.906. The minimum Gasteiger partial charge on any atom is -0.494 e. The number of nitrogens with one attached hydrogen (secondary N) is 1. The van der Waals surface area contributed by atoms with Crippen LogP contribution in [0.4, 0.5) is 4.79 Å². The SMILES string of the molecule is CCNC(=O)N1CCCC1c1ccc(OCC)cc1.